The van der Waals surface area contributed by atoms with Crippen LogP contribution in [0.5, 0.6) is 0 Å². The van der Waals surface area contributed by atoms with Gasteiger partial charge in [0.25, 0.3) is 0 Å². The number of quaternary nitrogens is 1. The summed E-state index contributed by atoms with van der Waals surface area (Å²) in [4.78, 5) is 0. The van der Waals surface area contributed by atoms with Crippen molar-refractivity contribution in [2.45, 2.75) is 83.2 Å². The van der Waals surface area contributed by atoms with Gasteiger partial charge in [-0.3, -0.25) is 0 Å². The minimum absolute atomic E-state index is 0.208. The first-order chi connectivity index (χ1) is 21.1. The summed E-state index contributed by atoms with van der Waals surface area (Å²) in [6.45, 7) is 17.4. The van der Waals surface area contributed by atoms with Crippen LogP contribution in [0.25, 0.3) is 0 Å². The lowest BCUT2D eigenvalue weighted by Crippen LogP contribution is -2.58. The van der Waals surface area contributed by atoms with Gasteiger partial charge in [0.2, 0.25) is 0 Å². The molecular formula is C41H48NO2+. The highest BCUT2D eigenvalue weighted by Crippen LogP contribution is 2.57. The molecule has 3 fully saturated rings. The molecule has 0 radical (unpaired) electrons. The van der Waals surface area contributed by atoms with Crippen molar-refractivity contribution >= 4 is 0 Å². The molecule has 44 heavy (non-hydrogen) atoms. The van der Waals surface area contributed by atoms with E-state index in [0.717, 1.165) is 17.6 Å². The van der Waals surface area contributed by atoms with Gasteiger partial charge in [-0.05, 0) is 63.8 Å². The lowest BCUT2D eigenvalue weighted by molar-refractivity contribution is -0.922. The zero-order chi connectivity index (χ0) is 30.7. The minimum atomic E-state index is -0.736. The first-order valence-corrected chi connectivity index (χ1v) is 16.5. The number of benzene rings is 4. The molecule has 1 spiro atoms. The van der Waals surface area contributed by atoms with Gasteiger partial charge >= 0.3 is 0 Å². The van der Waals surface area contributed by atoms with E-state index >= 15 is 0 Å². The number of hydrogen-bond donors (Lipinski definition) is 0. The molecule has 0 N–H and O–H groups in total. The van der Waals surface area contributed by atoms with Gasteiger partial charge < -0.3 is 14.0 Å². The first-order valence-electron chi connectivity index (χ1n) is 16.5. The fraction of sp³-hybridized carbons (Fsp3) is 0.415. The van der Waals surface area contributed by atoms with Crippen molar-refractivity contribution < 1.29 is 14.0 Å². The summed E-state index contributed by atoms with van der Waals surface area (Å²) in [6, 6.07) is 37.0. The highest BCUT2D eigenvalue weighted by molar-refractivity contribution is 5.50. The van der Waals surface area contributed by atoms with Gasteiger partial charge in [-0.2, -0.15) is 0 Å². The van der Waals surface area contributed by atoms with Crippen LogP contribution >= 0.6 is 0 Å². The van der Waals surface area contributed by atoms with Gasteiger partial charge in [-0.25, -0.2) is 0 Å². The Balaban J connectivity index is 1.62. The second kappa shape index (κ2) is 10.7. The maximum absolute atomic E-state index is 7.37. The van der Waals surface area contributed by atoms with Crippen molar-refractivity contribution in [3.63, 3.8) is 0 Å². The van der Waals surface area contributed by atoms with E-state index < -0.39 is 16.6 Å². The van der Waals surface area contributed by atoms with Crippen molar-refractivity contribution in [3.8, 4) is 0 Å². The number of fused-ring (bicyclic) bond motifs is 1. The number of aryl methyl sites for hydroxylation is 4. The molecule has 2 atom stereocenters. The van der Waals surface area contributed by atoms with Crippen LogP contribution in [0.4, 0.5) is 0 Å². The monoisotopic (exact) mass is 586 g/mol. The van der Waals surface area contributed by atoms with Gasteiger partial charge in [0.15, 0.2) is 5.79 Å². The standard InChI is InChI=1S/C41H48NO2/c1-29-13-9-17-33(23-29)40(34-18-10-14-30(2)24-34)27-42(21-7-8-22-42)28-41(35-19-11-15-31(3)25-35,36-20-12-16-32(4)26-36)38-37(40)43-39(5,6)44-38/h9-20,23-26,37-38H,7-8,21-22,27-28H2,1-6H3/q+1/t37-,38-/m1/s1. The second-order valence-corrected chi connectivity index (χ2v) is 14.7. The zero-order valence-corrected chi connectivity index (χ0v) is 27.4. The predicted octanol–water partition coefficient (Wildman–Crippen LogP) is 8.34. The van der Waals surface area contributed by atoms with E-state index in [1.54, 1.807) is 0 Å². The predicted molar refractivity (Wildman–Crippen MR) is 179 cm³/mol. The van der Waals surface area contributed by atoms with E-state index in [-0.39, 0.29) is 12.2 Å². The highest BCUT2D eigenvalue weighted by Gasteiger charge is 2.68. The smallest absolute Gasteiger partial charge is 0.163 e. The largest absolute Gasteiger partial charge is 0.343 e. The van der Waals surface area contributed by atoms with Crippen LogP contribution in [-0.4, -0.2) is 48.7 Å². The Morgan fingerprint density at radius 1 is 0.523 bits per heavy atom. The van der Waals surface area contributed by atoms with E-state index in [1.165, 1.54) is 70.4 Å². The lowest BCUT2D eigenvalue weighted by Gasteiger charge is -2.46. The van der Waals surface area contributed by atoms with Gasteiger partial charge in [0, 0.05) is 12.8 Å². The number of ether oxygens (including phenoxy) is 2. The Morgan fingerprint density at radius 3 is 1.14 bits per heavy atom. The Kier molecular flexibility index (Phi) is 7.16. The third-order valence-corrected chi connectivity index (χ3v) is 10.9. The lowest BCUT2D eigenvalue weighted by atomic mass is 9.62. The third kappa shape index (κ3) is 4.76. The fourth-order valence-corrected chi connectivity index (χ4v) is 9.14. The summed E-state index contributed by atoms with van der Waals surface area (Å²) in [6.07, 6.45) is 2.08. The third-order valence-electron chi connectivity index (χ3n) is 10.9. The summed E-state index contributed by atoms with van der Waals surface area (Å²) >= 11 is 0. The van der Waals surface area contributed by atoms with Crippen LogP contribution < -0.4 is 0 Å². The molecule has 3 aliphatic rings. The molecule has 0 bridgehead atoms. The topological polar surface area (TPSA) is 18.5 Å². The summed E-state index contributed by atoms with van der Waals surface area (Å²) in [7, 11) is 0. The molecule has 4 aromatic carbocycles. The number of nitrogens with zero attached hydrogens (tertiary/aromatic N) is 1. The average molecular weight is 587 g/mol. The van der Waals surface area contributed by atoms with Gasteiger partial charge in [-0.15, -0.1) is 0 Å². The molecule has 3 nitrogen and oxygen atoms in total. The molecule has 3 saturated heterocycles. The van der Waals surface area contributed by atoms with Gasteiger partial charge in [0.05, 0.1) is 37.0 Å². The average Bonchev–Trinajstić information content (AvgIpc) is 3.56. The Bertz CT molecular complexity index is 1470. The van der Waals surface area contributed by atoms with E-state index in [9.17, 15) is 0 Å². The Hall–Kier alpha value is -3.24. The maximum Gasteiger partial charge on any atom is 0.163 e. The molecule has 7 rings (SSSR count). The molecule has 3 heterocycles. The molecule has 0 unspecified atom stereocenters. The molecule has 3 heteroatoms. The number of rotatable bonds is 4. The fourth-order valence-electron chi connectivity index (χ4n) is 9.14. The zero-order valence-electron chi connectivity index (χ0n) is 27.4. The van der Waals surface area contributed by atoms with E-state index in [1.807, 2.05) is 0 Å². The summed E-state index contributed by atoms with van der Waals surface area (Å²) < 4.78 is 15.8. The molecule has 0 aromatic heterocycles. The van der Waals surface area contributed by atoms with Crippen molar-refractivity contribution in [2.24, 2.45) is 0 Å². The first kappa shape index (κ1) is 29.5. The Labute approximate surface area is 264 Å². The highest BCUT2D eigenvalue weighted by atomic mass is 16.8. The van der Waals surface area contributed by atoms with Gasteiger partial charge in [-0.1, -0.05) is 119 Å². The molecule has 4 aromatic rings. The molecule has 0 amide bonds. The summed E-state index contributed by atoms with van der Waals surface area (Å²) in [5.74, 6) is -0.736. The minimum Gasteiger partial charge on any atom is -0.343 e. The van der Waals surface area contributed by atoms with Crippen molar-refractivity contribution in [1.82, 2.24) is 0 Å². The molecular weight excluding hydrogens is 538 g/mol. The van der Waals surface area contributed by atoms with Crippen molar-refractivity contribution in [1.29, 1.82) is 0 Å². The van der Waals surface area contributed by atoms with Crippen LogP contribution in [-0.2, 0) is 20.3 Å². The molecule has 0 aliphatic carbocycles. The van der Waals surface area contributed by atoms with Crippen LogP contribution in [0.3, 0.4) is 0 Å². The summed E-state index contributed by atoms with van der Waals surface area (Å²) in [5, 5.41) is 0. The maximum atomic E-state index is 7.37. The second-order valence-electron chi connectivity index (χ2n) is 14.7. The van der Waals surface area contributed by atoms with Gasteiger partial charge in [0.1, 0.15) is 12.2 Å². The number of hydrogen-bond acceptors (Lipinski definition) is 2. The molecule has 228 valence electrons. The van der Waals surface area contributed by atoms with Crippen molar-refractivity contribution in [2.75, 3.05) is 26.2 Å². The molecule has 3 aliphatic heterocycles. The van der Waals surface area contributed by atoms with Crippen LogP contribution in [0.15, 0.2) is 97.1 Å². The van der Waals surface area contributed by atoms with E-state index in [4.69, 9.17) is 9.47 Å². The van der Waals surface area contributed by atoms with Crippen LogP contribution in [0.2, 0.25) is 0 Å². The van der Waals surface area contributed by atoms with Crippen molar-refractivity contribution in [3.05, 3.63) is 142 Å². The summed E-state index contributed by atoms with van der Waals surface area (Å²) in [5.41, 5.74) is 9.68. The SMILES string of the molecule is Cc1cccc(C2(c3cccc(C)c3)C[N+]3(CCCC3)CC(c3cccc(C)c3)(c3cccc(C)c3)[C@@H]3OC(C)(C)O[C@H]32)c1. The quantitative estimate of drug-likeness (QED) is 0.224. The van der Waals surface area contributed by atoms with Crippen LogP contribution in [0, 0.1) is 27.7 Å². The van der Waals surface area contributed by atoms with E-state index in [2.05, 4.69) is 139 Å². The molecule has 0 saturated carbocycles. The Morgan fingerprint density at radius 2 is 0.841 bits per heavy atom. The van der Waals surface area contributed by atoms with Crippen LogP contribution in [0.1, 0.15) is 71.2 Å². The van der Waals surface area contributed by atoms with E-state index in [0.29, 0.717) is 0 Å². The normalized spacial score (nSPS) is 24.6.